The lowest BCUT2D eigenvalue weighted by atomic mass is 9.77. The molecule has 1 aliphatic carbocycles. The zero-order valence-corrected chi connectivity index (χ0v) is 12.7. The van der Waals surface area contributed by atoms with Gasteiger partial charge in [-0.05, 0) is 49.9 Å². The monoisotopic (exact) mass is 291 g/mol. The Morgan fingerprint density at radius 3 is 2.62 bits per heavy atom. The molecule has 0 radical (unpaired) electrons. The minimum absolute atomic E-state index is 0.538. The first-order valence-corrected chi connectivity index (χ1v) is 8.07. The van der Waals surface area contributed by atoms with E-state index in [4.69, 9.17) is 9.47 Å². The van der Waals surface area contributed by atoms with Crippen molar-refractivity contribution in [2.75, 3.05) is 19.8 Å². The second kappa shape index (κ2) is 6.24. The van der Waals surface area contributed by atoms with Crippen molar-refractivity contribution in [3.8, 4) is 11.5 Å². The standard InChI is InChI=1S/C17H25NO3/c1-2-18-14-6-8-17(19,9-7-14)13-4-5-15-16(12-13)21-11-3-10-20-15/h4-5,12,14,18-19H,2-3,6-11H2,1H3. The maximum atomic E-state index is 11.0. The molecule has 2 N–H and O–H groups in total. The molecule has 0 amide bonds. The second-order valence-corrected chi connectivity index (χ2v) is 6.08. The van der Waals surface area contributed by atoms with Crippen LogP contribution in [-0.4, -0.2) is 30.9 Å². The Balaban J connectivity index is 1.76. The number of nitrogens with one attached hydrogen (secondary N) is 1. The molecule has 1 heterocycles. The zero-order valence-electron chi connectivity index (χ0n) is 12.7. The molecule has 21 heavy (non-hydrogen) atoms. The molecule has 116 valence electrons. The molecular weight excluding hydrogens is 266 g/mol. The normalized spacial score (nSPS) is 29.0. The van der Waals surface area contributed by atoms with E-state index >= 15 is 0 Å². The number of benzene rings is 1. The predicted molar refractivity (Wildman–Crippen MR) is 81.9 cm³/mol. The van der Waals surface area contributed by atoms with Gasteiger partial charge in [0.2, 0.25) is 0 Å². The van der Waals surface area contributed by atoms with Gasteiger partial charge in [-0.3, -0.25) is 0 Å². The fourth-order valence-corrected chi connectivity index (χ4v) is 3.33. The van der Waals surface area contributed by atoms with Crippen LogP contribution in [0.3, 0.4) is 0 Å². The third-order valence-electron chi connectivity index (χ3n) is 4.59. The average molecular weight is 291 g/mol. The second-order valence-electron chi connectivity index (χ2n) is 6.08. The van der Waals surface area contributed by atoms with Crippen LogP contribution in [0.15, 0.2) is 18.2 Å². The fraction of sp³-hybridized carbons (Fsp3) is 0.647. The molecule has 1 fully saturated rings. The van der Waals surface area contributed by atoms with Gasteiger partial charge in [-0.2, -0.15) is 0 Å². The summed E-state index contributed by atoms with van der Waals surface area (Å²) in [5.74, 6) is 1.56. The summed E-state index contributed by atoms with van der Waals surface area (Å²) in [6, 6.07) is 6.43. The molecule has 0 saturated heterocycles. The molecule has 0 atom stereocenters. The third kappa shape index (κ3) is 3.16. The molecule has 0 spiro atoms. The van der Waals surface area contributed by atoms with Crippen LogP contribution in [0.5, 0.6) is 11.5 Å². The smallest absolute Gasteiger partial charge is 0.161 e. The SMILES string of the molecule is CCNC1CCC(O)(c2ccc3c(c2)OCCCO3)CC1. The van der Waals surface area contributed by atoms with Gasteiger partial charge in [0.15, 0.2) is 11.5 Å². The highest BCUT2D eigenvalue weighted by Crippen LogP contribution is 2.41. The quantitative estimate of drug-likeness (QED) is 0.899. The molecule has 2 aliphatic rings. The van der Waals surface area contributed by atoms with Crippen LogP contribution < -0.4 is 14.8 Å². The maximum Gasteiger partial charge on any atom is 0.161 e. The summed E-state index contributed by atoms with van der Waals surface area (Å²) in [6.45, 7) is 4.50. The minimum atomic E-state index is -0.726. The highest BCUT2D eigenvalue weighted by atomic mass is 16.5. The van der Waals surface area contributed by atoms with Crippen molar-refractivity contribution in [1.82, 2.24) is 5.32 Å². The molecule has 4 heteroatoms. The van der Waals surface area contributed by atoms with Crippen LogP contribution in [0.4, 0.5) is 0 Å². The third-order valence-corrected chi connectivity index (χ3v) is 4.59. The van der Waals surface area contributed by atoms with Crippen molar-refractivity contribution >= 4 is 0 Å². The van der Waals surface area contributed by atoms with Crippen LogP contribution in [0.25, 0.3) is 0 Å². The Morgan fingerprint density at radius 2 is 1.90 bits per heavy atom. The van der Waals surface area contributed by atoms with E-state index in [9.17, 15) is 5.11 Å². The Kier molecular flexibility index (Phi) is 4.36. The molecule has 0 bridgehead atoms. The van der Waals surface area contributed by atoms with Crippen LogP contribution in [-0.2, 0) is 5.60 Å². The predicted octanol–water partition coefficient (Wildman–Crippen LogP) is 2.59. The number of hydrogen-bond donors (Lipinski definition) is 2. The van der Waals surface area contributed by atoms with Crippen molar-refractivity contribution in [1.29, 1.82) is 0 Å². The van der Waals surface area contributed by atoms with E-state index in [2.05, 4.69) is 12.2 Å². The highest BCUT2D eigenvalue weighted by Gasteiger charge is 2.35. The molecule has 3 rings (SSSR count). The van der Waals surface area contributed by atoms with E-state index in [0.29, 0.717) is 19.3 Å². The van der Waals surface area contributed by atoms with Crippen LogP contribution >= 0.6 is 0 Å². The molecule has 1 aliphatic heterocycles. The fourth-order valence-electron chi connectivity index (χ4n) is 3.33. The number of ether oxygens (including phenoxy) is 2. The van der Waals surface area contributed by atoms with Crippen molar-refractivity contribution < 1.29 is 14.6 Å². The maximum absolute atomic E-state index is 11.0. The van der Waals surface area contributed by atoms with Crippen LogP contribution in [0.1, 0.15) is 44.6 Å². The molecule has 0 unspecified atom stereocenters. The number of aliphatic hydroxyl groups is 1. The summed E-state index contributed by atoms with van der Waals surface area (Å²) in [5, 5.41) is 14.5. The van der Waals surface area contributed by atoms with E-state index in [1.54, 1.807) is 0 Å². The topological polar surface area (TPSA) is 50.7 Å². The summed E-state index contributed by atoms with van der Waals surface area (Å²) < 4.78 is 11.4. The zero-order chi connectivity index (χ0) is 14.7. The number of fused-ring (bicyclic) bond motifs is 1. The summed E-state index contributed by atoms with van der Waals surface area (Å²) in [7, 11) is 0. The summed E-state index contributed by atoms with van der Waals surface area (Å²) in [6.07, 6.45) is 4.52. The highest BCUT2D eigenvalue weighted by molar-refractivity contribution is 5.45. The van der Waals surface area contributed by atoms with Crippen LogP contribution in [0, 0.1) is 0 Å². The van der Waals surface area contributed by atoms with E-state index in [-0.39, 0.29) is 0 Å². The van der Waals surface area contributed by atoms with Gasteiger partial charge in [-0.1, -0.05) is 13.0 Å². The van der Waals surface area contributed by atoms with Gasteiger partial charge in [-0.15, -0.1) is 0 Å². The molecule has 1 saturated carbocycles. The van der Waals surface area contributed by atoms with E-state index in [0.717, 1.165) is 55.7 Å². The van der Waals surface area contributed by atoms with Gasteiger partial charge in [0.1, 0.15) is 0 Å². The Labute approximate surface area is 126 Å². The Morgan fingerprint density at radius 1 is 1.19 bits per heavy atom. The summed E-state index contributed by atoms with van der Waals surface area (Å²) >= 11 is 0. The lowest BCUT2D eigenvalue weighted by Gasteiger charge is -2.37. The van der Waals surface area contributed by atoms with Crippen LogP contribution in [0.2, 0.25) is 0 Å². The summed E-state index contributed by atoms with van der Waals surface area (Å²) in [5.41, 5.74) is 0.234. The van der Waals surface area contributed by atoms with Gasteiger partial charge >= 0.3 is 0 Å². The van der Waals surface area contributed by atoms with Gasteiger partial charge < -0.3 is 19.9 Å². The lowest BCUT2D eigenvalue weighted by molar-refractivity contribution is -0.00835. The van der Waals surface area contributed by atoms with E-state index in [1.165, 1.54) is 0 Å². The minimum Gasteiger partial charge on any atom is -0.490 e. The molecule has 4 nitrogen and oxygen atoms in total. The number of hydrogen-bond acceptors (Lipinski definition) is 4. The van der Waals surface area contributed by atoms with Crippen molar-refractivity contribution in [2.45, 2.75) is 50.7 Å². The van der Waals surface area contributed by atoms with Gasteiger partial charge in [0, 0.05) is 12.5 Å². The first-order chi connectivity index (χ1) is 10.2. The van der Waals surface area contributed by atoms with Crippen molar-refractivity contribution in [3.05, 3.63) is 23.8 Å². The average Bonchev–Trinajstić information content (AvgIpc) is 2.74. The van der Waals surface area contributed by atoms with Gasteiger partial charge in [-0.25, -0.2) is 0 Å². The lowest BCUT2D eigenvalue weighted by Crippen LogP contribution is -2.39. The molecule has 0 aromatic heterocycles. The van der Waals surface area contributed by atoms with Gasteiger partial charge in [0.05, 0.1) is 18.8 Å². The van der Waals surface area contributed by atoms with Crippen molar-refractivity contribution in [3.63, 3.8) is 0 Å². The van der Waals surface area contributed by atoms with E-state index < -0.39 is 5.60 Å². The summed E-state index contributed by atoms with van der Waals surface area (Å²) in [4.78, 5) is 0. The number of rotatable bonds is 3. The largest absolute Gasteiger partial charge is 0.490 e. The van der Waals surface area contributed by atoms with Gasteiger partial charge in [0.25, 0.3) is 0 Å². The van der Waals surface area contributed by atoms with E-state index in [1.807, 2.05) is 18.2 Å². The first-order valence-electron chi connectivity index (χ1n) is 8.07. The first kappa shape index (κ1) is 14.7. The Bertz CT molecular complexity index is 481. The Hall–Kier alpha value is -1.26. The molecule has 1 aromatic rings. The molecular formula is C17H25NO3. The molecule has 1 aromatic carbocycles. The van der Waals surface area contributed by atoms with Crippen molar-refractivity contribution in [2.24, 2.45) is 0 Å².